The Labute approximate surface area is 184 Å². The second kappa shape index (κ2) is 7.05. The van der Waals surface area contributed by atoms with Crippen LogP contribution in [0.25, 0.3) is 11.4 Å². The molecular formula is C24H21N5O3. The molecule has 1 aliphatic heterocycles. The zero-order valence-electron chi connectivity index (χ0n) is 17.7. The number of H-pyrrole nitrogens is 1. The van der Waals surface area contributed by atoms with Gasteiger partial charge in [-0.3, -0.25) is 14.8 Å². The molecule has 160 valence electrons. The number of aromatic amines is 1. The number of carbonyl (C=O) groups excluding carboxylic acids is 1. The van der Waals surface area contributed by atoms with E-state index < -0.39 is 0 Å². The molecular weight excluding hydrogens is 406 g/mol. The minimum Gasteiger partial charge on any atom is -0.496 e. The van der Waals surface area contributed by atoms with Crippen LogP contribution in [0.1, 0.15) is 58.0 Å². The lowest BCUT2D eigenvalue weighted by Crippen LogP contribution is -2.29. The average molecular weight is 427 g/mol. The molecule has 2 aliphatic rings. The molecule has 1 saturated carbocycles. The first kappa shape index (κ1) is 18.8. The van der Waals surface area contributed by atoms with Crippen molar-refractivity contribution in [2.45, 2.75) is 31.7 Å². The van der Waals surface area contributed by atoms with E-state index in [-0.39, 0.29) is 11.9 Å². The van der Waals surface area contributed by atoms with Gasteiger partial charge in [-0.2, -0.15) is 10.1 Å². The van der Waals surface area contributed by atoms with Crippen molar-refractivity contribution in [1.29, 1.82) is 0 Å². The average Bonchev–Trinajstić information content (AvgIpc) is 3.30. The lowest BCUT2D eigenvalue weighted by molar-refractivity contribution is 0.0988. The van der Waals surface area contributed by atoms with Gasteiger partial charge in [0.25, 0.3) is 5.91 Å². The van der Waals surface area contributed by atoms with Crippen LogP contribution >= 0.6 is 0 Å². The Morgan fingerprint density at radius 1 is 1.12 bits per heavy atom. The zero-order chi connectivity index (χ0) is 21.8. The van der Waals surface area contributed by atoms with Crippen LogP contribution < -0.4 is 9.64 Å². The maximum Gasteiger partial charge on any atom is 0.277 e. The molecule has 6 rings (SSSR count). The summed E-state index contributed by atoms with van der Waals surface area (Å²) in [5.41, 5.74) is 5.04. The van der Waals surface area contributed by atoms with E-state index in [0.717, 1.165) is 46.7 Å². The highest BCUT2D eigenvalue weighted by molar-refractivity contribution is 6.11. The first-order valence-corrected chi connectivity index (χ1v) is 10.6. The molecule has 4 aromatic rings. The third-order valence-corrected chi connectivity index (χ3v) is 6.13. The van der Waals surface area contributed by atoms with Crippen molar-refractivity contribution in [3.63, 3.8) is 0 Å². The predicted molar refractivity (Wildman–Crippen MR) is 117 cm³/mol. The smallest absolute Gasteiger partial charge is 0.277 e. The first-order valence-electron chi connectivity index (χ1n) is 10.6. The number of nitrogens with one attached hydrogen (secondary N) is 1. The number of benzene rings is 2. The second-order valence-electron chi connectivity index (χ2n) is 8.18. The summed E-state index contributed by atoms with van der Waals surface area (Å²) in [6.45, 7) is 1.75. The van der Waals surface area contributed by atoms with Crippen molar-refractivity contribution in [2.24, 2.45) is 0 Å². The Hall–Kier alpha value is -3.94. The molecule has 1 fully saturated rings. The summed E-state index contributed by atoms with van der Waals surface area (Å²) in [6.07, 6.45) is 2.20. The molecule has 0 saturated heterocycles. The number of aryl methyl sites for hydroxylation is 1. The van der Waals surface area contributed by atoms with Crippen LogP contribution in [0.5, 0.6) is 5.75 Å². The summed E-state index contributed by atoms with van der Waals surface area (Å²) in [5, 5.41) is 11.5. The Morgan fingerprint density at radius 3 is 2.59 bits per heavy atom. The molecule has 2 aromatic carbocycles. The van der Waals surface area contributed by atoms with Crippen molar-refractivity contribution in [1.82, 2.24) is 20.3 Å². The standard InChI is InChI=1S/C24H21N5O3/c1-13-25-23(28-32-13)15-9-11-16(12-10-15)29-22(17-5-3-4-6-18(17)31-2)19-20(14-7-8-14)26-27-21(19)24(29)30/h3-6,9-12,14,22H,7-8H2,1-2H3,(H,26,27). The van der Waals surface area contributed by atoms with Crippen molar-refractivity contribution in [3.8, 4) is 17.1 Å². The van der Waals surface area contributed by atoms with Crippen LogP contribution in [0.15, 0.2) is 53.1 Å². The Kier molecular flexibility index (Phi) is 4.14. The van der Waals surface area contributed by atoms with Gasteiger partial charge in [0.15, 0.2) is 0 Å². The summed E-state index contributed by atoms with van der Waals surface area (Å²) in [7, 11) is 1.65. The summed E-state index contributed by atoms with van der Waals surface area (Å²) in [4.78, 5) is 19.7. The molecule has 1 N–H and O–H groups in total. The van der Waals surface area contributed by atoms with E-state index in [1.54, 1.807) is 14.0 Å². The van der Waals surface area contributed by atoms with Crippen molar-refractivity contribution in [3.05, 3.63) is 76.9 Å². The molecule has 32 heavy (non-hydrogen) atoms. The van der Waals surface area contributed by atoms with E-state index in [4.69, 9.17) is 9.26 Å². The fraction of sp³-hybridized carbons (Fsp3) is 0.250. The van der Waals surface area contributed by atoms with Gasteiger partial charge in [0.05, 0.1) is 18.8 Å². The maximum atomic E-state index is 13.6. The molecule has 0 bridgehead atoms. The third-order valence-electron chi connectivity index (χ3n) is 6.13. The number of anilines is 1. The summed E-state index contributed by atoms with van der Waals surface area (Å²) >= 11 is 0. The number of fused-ring (bicyclic) bond motifs is 1. The molecule has 2 aromatic heterocycles. The van der Waals surface area contributed by atoms with Crippen LogP contribution in [0, 0.1) is 6.92 Å². The van der Waals surface area contributed by atoms with Gasteiger partial charge < -0.3 is 9.26 Å². The van der Waals surface area contributed by atoms with Crippen LogP contribution in [-0.2, 0) is 0 Å². The molecule has 0 radical (unpaired) electrons. The van der Waals surface area contributed by atoms with Gasteiger partial charge in [-0.15, -0.1) is 0 Å². The lowest BCUT2D eigenvalue weighted by atomic mass is 9.96. The summed E-state index contributed by atoms with van der Waals surface area (Å²) in [5.74, 6) is 2.08. The number of rotatable bonds is 5. The fourth-order valence-electron chi connectivity index (χ4n) is 4.48. The zero-order valence-corrected chi connectivity index (χ0v) is 17.7. The van der Waals surface area contributed by atoms with Gasteiger partial charge in [-0.05, 0) is 43.2 Å². The first-order chi connectivity index (χ1) is 15.7. The minimum absolute atomic E-state index is 0.0986. The molecule has 3 heterocycles. The van der Waals surface area contributed by atoms with Gasteiger partial charge in [0.1, 0.15) is 11.4 Å². The topological polar surface area (TPSA) is 97.1 Å². The number of hydrogen-bond acceptors (Lipinski definition) is 6. The lowest BCUT2D eigenvalue weighted by Gasteiger charge is -2.27. The van der Waals surface area contributed by atoms with E-state index in [1.807, 2.05) is 53.4 Å². The summed E-state index contributed by atoms with van der Waals surface area (Å²) in [6, 6.07) is 15.2. The monoisotopic (exact) mass is 427 g/mol. The highest BCUT2D eigenvalue weighted by Gasteiger charge is 2.46. The maximum absolute atomic E-state index is 13.6. The molecule has 8 heteroatoms. The number of amides is 1. The minimum atomic E-state index is -0.318. The second-order valence-corrected chi connectivity index (χ2v) is 8.18. The normalized spacial score (nSPS) is 17.6. The van der Waals surface area contributed by atoms with Gasteiger partial charge in [0.2, 0.25) is 11.7 Å². The van der Waals surface area contributed by atoms with Crippen LogP contribution in [0.4, 0.5) is 5.69 Å². The number of carbonyl (C=O) groups is 1. The Balaban J connectivity index is 1.48. The quantitative estimate of drug-likeness (QED) is 0.507. The van der Waals surface area contributed by atoms with E-state index in [1.165, 1.54) is 0 Å². The predicted octanol–water partition coefficient (Wildman–Crippen LogP) is 4.40. The van der Waals surface area contributed by atoms with Gasteiger partial charge in [-0.1, -0.05) is 23.4 Å². The number of ether oxygens (including phenoxy) is 1. The van der Waals surface area contributed by atoms with Gasteiger partial charge in [-0.25, -0.2) is 0 Å². The number of nitrogens with zero attached hydrogens (tertiary/aromatic N) is 4. The number of aromatic nitrogens is 4. The number of hydrogen-bond donors (Lipinski definition) is 1. The van der Waals surface area contributed by atoms with Crippen LogP contribution in [0.3, 0.4) is 0 Å². The number of methoxy groups -OCH3 is 1. The molecule has 1 aliphatic carbocycles. The molecule has 1 unspecified atom stereocenters. The van der Waals surface area contributed by atoms with Crippen molar-refractivity contribution in [2.75, 3.05) is 12.0 Å². The highest BCUT2D eigenvalue weighted by atomic mass is 16.5. The molecule has 1 atom stereocenters. The van der Waals surface area contributed by atoms with Crippen molar-refractivity contribution < 1.29 is 14.1 Å². The molecule has 1 amide bonds. The van der Waals surface area contributed by atoms with E-state index in [9.17, 15) is 4.79 Å². The highest BCUT2D eigenvalue weighted by Crippen LogP contribution is 2.50. The molecule has 8 nitrogen and oxygen atoms in total. The van der Waals surface area contributed by atoms with E-state index >= 15 is 0 Å². The van der Waals surface area contributed by atoms with E-state index in [2.05, 4.69) is 20.3 Å². The Bertz CT molecular complexity index is 1320. The van der Waals surface area contributed by atoms with E-state index in [0.29, 0.717) is 23.3 Å². The SMILES string of the molecule is COc1ccccc1C1c2c(C3CC3)n[nH]c2C(=O)N1c1ccc(-c2noc(C)n2)cc1. The van der Waals surface area contributed by atoms with Gasteiger partial charge in [0, 0.05) is 35.2 Å². The summed E-state index contributed by atoms with van der Waals surface area (Å²) < 4.78 is 10.8. The van der Waals surface area contributed by atoms with Crippen molar-refractivity contribution >= 4 is 11.6 Å². The van der Waals surface area contributed by atoms with Crippen LogP contribution in [0.2, 0.25) is 0 Å². The van der Waals surface area contributed by atoms with Gasteiger partial charge >= 0.3 is 0 Å². The third kappa shape index (κ3) is 2.83. The Morgan fingerprint density at radius 2 is 1.91 bits per heavy atom. The largest absolute Gasteiger partial charge is 0.496 e. The number of para-hydroxylation sites is 1. The fourth-order valence-corrected chi connectivity index (χ4v) is 4.48. The van der Waals surface area contributed by atoms with Crippen LogP contribution in [-0.4, -0.2) is 33.4 Å². The molecule has 0 spiro atoms.